The van der Waals surface area contributed by atoms with Crippen molar-refractivity contribution >= 4 is 5.91 Å². The number of aromatic nitrogens is 2. The van der Waals surface area contributed by atoms with Crippen molar-refractivity contribution in [3.8, 4) is 12.1 Å². The highest BCUT2D eigenvalue weighted by molar-refractivity contribution is 5.80. The molecule has 1 unspecified atom stereocenters. The molecule has 1 atom stereocenters. The van der Waals surface area contributed by atoms with Gasteiger partial charge in [-0.25, -0.2) is 4.98 Å². The number of imidazole rings is 1. The molecule has 0 bridgehead atoms. The van der Waals surface area contributed by atoms with E-state index in [4.69, 9.17) is 15.3 Å². The van der Waals surface area contributed by atoms with E-state index in [1.807, 2.05) is 12.1 Å². The second-order valence-corrected chi connectivity index (χ2v) is 3.89. The third-order valence-electron chi connectivity index (χ3n) is 2.63. The molecular weight excluding hydrogens is 246 g/mol. The molecule has 0 saturated carbocycles. The van der Waals surface area contributed by atoms with E-state index >= 15 is 0 Å². The number of nitrogens with zero attached hydrogens (tertiary/aromatic N) is 4. The van der Waals surface area contributed by atoms with E-state index in [0.29, 0.717) is 19.6 Å². The van der Waals surface area contributed by atoms with Crippen LogP contribution in [0.5, 0.6) is 0 Å². The van der Waals surface area contributed by atoms with Gasteiger partial charge < -0.3 is 14.6 Å². The predicted molar refractivity (Wildman–Crippen MR) is 65.9 cm³/mol. The summed E-state index contributed by atoms with van der Waals surface area (Å²) in [6.07, 6.45) is 2.05. The first-order valence-corrected chi connectivity index (χ1v) is 5.79. The average Bonchev–Trinajstić information content (AvgIpc) is 2.85. The Bertz CT molecular complexity index is 523. The highest BCUT2D eigenvalue weighted by atomic mass is 16.5. The molecule has 100 valence electrons. The number of nitriles is 2. The summed E-state index contributed by atoms with van der Waals surface area (Å²) in [6.45, 7) is 2.72. The van der Waals surface area contributed by atoms with E-state index in [0.717, 1.165) is 0 Å². The van der Waals surface area contributed by atoms with Gasteiger partial charge in [0.15, 0.2) is 11.4 Å². The van der Waals surface area contributed by atoms with Crippen LogP contribution in [0.2, 0.25) is 0 Å². The van der Waals surface area contributed by atoms with E-state index < -0.39 is 6.04 Å². The van der Waals surface area contributed by atoms with E-state index in [1.54, 1.807) is 14.0 Å². The monoisotopic (exact) mass is 261 g/mol. The Morgan fingerprint density at radius 2 is 2.32 bits per heavy atom. The third-order valence-corrected chi connectivity index (χ3v) is 2.63. The van der Waals surface area contributed by atoms with E-state index in [9.17, 15) is 4.79 Å². The number of nitrogens with one attached hydrogen (secondary N) is 1. The van der Waals surface area contributed by atoms with E-state index in [1.165, 1.54) is 10.9 Å². The maximum atomic E-state index is 11.9. The van der Waals surface area contributed by atoms with Gasteiger partial charge in [0.25, 0.3) is 0 Å². The van der Waals surface area contributed by atoms with Gasteiger partial charge in [0, 0.05) is 20.3 Å². The van der Waals surface area contributed by atoms with Gasteiger partial charge in [0.05, 0.1) is 6.33 Å². The Hall–Kier alpha value is -2.38. The molecule has 1 rings (SSSR count). The molecular formula is C12H15N5O2. The molecule has 0 aliphatic heterocycles. The van der Waals surface area contributed by atoms with E-state index in [-0.39, 0.29) is 17.3 Å². The highest BCUT2D eigenvalue weighted by Crippen LogP contribution is 2.13. The quantitative estimate of drug-likeness (QED) is 0.743. The molecule has 7 nitrogen and oxygen atoms in total. The minimum atomic E-state index is -0.591. The molecule has 1 heterocycles. The van der Waals surface area contributed by atoms with Crippen molar-refractivity contribution in [2.24, 2.45) is 0 Å². The summed E-state index contributed by atoms with van der Waals surface area (Å²) in [5.41, 5.74) is 0.128. The standard InChI is InChI=1S/C12H15N5O2/c1-9(12(18)15-4-3-5-19-2)17-8-16-10(6-13)11(17)7-14/h8-9H,3-5H2,1-2H3,(H,15,18). The molecule has 0 aromatic carbocycles. The lowest BCUT2D eigenvalue weighted by molar-refractivity contribution is -0.123. The van der Waals surface area contributed by atoms with Crippen LogP contribution in [0.25, 0.3) is 0 Å². The fourth-order valence-corrected chi connectivity index (χ4v) is 1.55. The number of methoxy groups -OCH3 is 1. The molecule has 1 aromatic rings. The summed E-state index contributed by atoms with van der Waals surface area (Å²) in [4.78, 5) is 15.7. The minimum Gasteiger partial charge on any atom is -0.385 e. The fraction of sp³-hybridized carbons (Fsp3) is 0.500. The number of carbonyl (C=O) groups is 1. The van der Waals surface area contributed by atoms with E-state index in [2.05, 4.69) is 10.3 Å². The maximum Gasteiger partial charge on any atom is 0.242 e. The second kappa shape index (κ2) is 7.14. The van der Waals surface area contributed by atoms with Crippen LogP contribution in [0.1, 0.15) is 30.8 Å². The van der Waals surface area contributed by atoms with Crippen molar-refractivity contribution < 1.29 is 9.53 Å². The molecule has 0 spiro atoms. The van der Waals surface area contributed by atoms with Crippen LogP contribution >= 0.6 is 0 Å². The summed E-state index contributed by atoms with van der Waals surface area (Å²) in [5, 5.41) is 20.5. The summed E-state index contributed by atoms with van der Waals surface area (Å²) in [7, 11) is 1.60. The van der Waals surface area contributed by atoms with Crippen molar-refractivity contribution in [3.63, 3.8) is 0 Å². The molecule has 1 N–H and O–H groups in total. The first-order chi connectivity index (χ1) is 9.15. The molecule has 0 aliphatic carbocycles. The lowest BCUT2D eigenvalue weighted by Gasteiger charge is -2.14. The summed E-state index contributed by atoms with van der Waals surface area (Å²) >= 11 is 0. The van der Waals surface area contributed by atoms with Crippen molar-refractivity contribution in [3.05, 3.63) is 17.7 Å². The smallest absolute Gasteiger partial charge is 0.242 e. The SMILES string of the molecule is COCCCNC(=O)C(C)n1cnc(C#N)c1C#N. The molecule has 0 fully saturated rings. The summed E-state index contributed by atoms with van der Waals surface area (Å²) in [5.74, 6) is -0.227. The average molecular weight is 261 g/mol. The lowest BCUT2D eigenvalue weighted by atomic mass is 10.2. The Balaban J connectivity index is 2.70. The number of rotatable bonds is 6. The number of amides is 1. The Labute approximate surface area is 111 Å². The van der Waals surface area contributed by atoms with Crippen LogP contribution < -0.4 is 5.32 Å². The second-order valence-electron chi connectivity index (χ2n) is 3.89. The summed E-state index contributed by atoms with van der Waals surface area (Å²) in [6, 6.07) is 3.11. The Morgan fingerprint density at radius 1 is 1.58 bits per heavy atom. The highest BCUT2D eigenvalue weighted by Gasteiger charge is 2.20. The summed E-state index contributed by atoms with van der Waals surface area (Å²) < 4.78 is 6.27. The molecule has 1 aromatic heterocycles. The zero-order valence-corrected chi connectivity index (χ0v) is 10.9. The third kappa shape index (κ3) is 3.54. The van der Waals surface area contributed by atoms with Gasteiger partial charge in [-0.3, -0.25) is 4.79 Å². The van der Waals surface area contributed by atoms with Gasteiger partial charge in [0.2, 0.25) is 5.91 Å². The van der Waals surface area contributed by atoms with Crippen LogP contribution in [-0.2, 0) is 9.53 Å². The molecule has 0 aliphatic rings. The van der Waals surface area contributed by atoms with Gasteiger partial charge in [-0.15, -0.1) is 0 Å². The van der Waals surface area contributed by atoms with Crippen molar-refractivity contribution in [2.45, 2.75) is 19.4 Å². The van der Waals surface area contributed by atoms with Gasteiger partial charge in [-0.2, -0.15) is 10.5 Å². The van der Waals surface area contributed by atoms with Crippen LogP contribution in [0.15, 0.2) is 6.33 Å². The van der Waals surface area contributed by atoms with Crippen LogP contribution in [0.4, 0.5) is 0 Å². The first-order valence-electron chi connectivity index (χ1n) is 5.79. The van der Waals surface area contributed by atoms with Gasteiger partial charge in [-0.1, -0.05) is 0 Å². The predicted octanol–water partition coefficient (Wildman–Crippen LogP) is 0.340. The van der Waals surface area contributed by atoms with Crippen LogP contribution in [-0.4, -0.2) is 35.7 Å². The molecule has 0 saturated heterocycles. The van der Waals surface area contributed by atoms with Crippen molar-refractivity contribution in [2.75, 3.05) is 20.3 Å². The maximum absolute atomic E-state index is 11.9. The Morgan fingerprint density at radius 3 is 2.89 bits per heavy atom. The van der Waals surface area contributed by atoms with Crippen LogP contribution in [0.3, 0.4) is 0 Å². The molecule has 19 heavy (non-hydrogen) atoms. The zero-order valence-electron chi connectivity index (χ0n) is 10.9. The van der Waals surface area contributed by atoms with Gasteiger partial charge in [0.1, 0.15) is 18.2 Å². The topological polar surface area (TPSA) is 104 Å². The lowest BCUT2D eigenvalue weighted by Crippen LogP contribution is -2.32. The normalized spacial score (nSPS) is 11.4. The van der Waals surface area contributed by atoms with Crippen LogP contribution in [0, 0.1) is 22.7 Å². The fourth-order valence-electron chi connectivity index (χ4n) is 1.55. The number of hydrogen-bond donors (Lipinski definition) is 1. The van der Waals surface area contributed by atoms with Crippen molar-refractivity contribution in [1.82, 2.24) is 14.9 Å². The van der Waals surface area contributed by atoms with Crippen molar-refractivity contribution in [1.29, 1.82) is 10.5 Å². The Kier molecular flexibility index (Phi) is 5.52. The first kappa shape index (κ1) is 14.7. The van der Waals surface area contributed by atoms with Gasteiger partial charge in [-0.05, 0) is 13.3 Å². The molecule has 7 heteroatoms. The minimum absolute atomic E-state index is 0.0292. The largest absolute Gasteiger partial charge is 0.385 e. The zero-order chi connectivity index (χ0) is 14.3. The number of carbonyl (C=O) groups excluding carboxylic acids is 1. The molecule has 0 radical (unpaired) electrons. The molecule has 1 amide bonds. The number of ether oxygens (including phenoxy) is 1. The van der Waals surface area contributed by atoms with Gasteiger partial charge >= 0.3 is 0 Å². The number of hydrogen-bond acceptors (Lipinski definition) is 5.